The van der Waals surface area contributed by atoms with Gasteiger partial charge in [0.05, 0.1) is 0 Å². The van der Waals surface area contributed by atoms with E-state index in [1.54, 1.807) is 0 Å². The summed E-state index contributed by atoms with van der Waals surface area (Å²) in [5, 5.41) is 0. The van der Waals surface area contributed by atoms with Crippen LogP contribution in [0.5, 0.6) is 0 Å². The highest BCUT2D eigenvalue weighted by Crippen LogP contribution is 2.35. The van der Waals surface area contributed by atoms with Crippen LogP contribution in [-0.2, 0) is 0 Å². The van der Waals surface area contributed by atoms with Crippen molar-refractivity contribution in [2.24, 2.45) is 11.7 Å². The van der Waals surface area contributed by atoms with Crippen LogP contribution in [0.2, 0.25) is 0 Å². The van der Waals surface area contributed by atoms with Gasteiger partial charge in [-0.3, -0.25) is 4.90 Å². The Balaban J connectivity index is 2.58. The summed E-state index contributed by atoms with van der Waals surface area (Å²) in [6, 6.07) is 0.834. The summed E-state index contributed by atoms with van der Waals surface area (Å²) in [5.74, 6) is 0.786. The SMILES string of the molecule is CCCN(C1CC1)C(C)(CN)CCC(C)C. The quantitative estimate of drug-likeness (QED) is 0.689. The van der Waals surface area contributed by atoms with Crippen molar-refractivity contribution in [3.05, 3.63) is 0 Å². The maximum atomic E-state index is 6.05. The second-order valence-electron chi connectivity index (χ2n) is 6.06. The first-order valence-corrected chi connectivity index (χ1v) is 7.00. The molecule has 0 spiro atoms. The average molecular weight is 226 g/mol. The molecule has 1 aliphatic rings. The van der Waals surface area contributed by atoms with Crippen LogP contribution in [0.3, 0.4) is 0 Å². The molecule has 0 radical (unpaired) electrons. The molecule has 0 aromatic heterocycles. The van der Waals surface area contributed by atoms with Gasteiger partial charge in [0.15, 0.2) is 0 Å². The topological polar surface area (TPSA) is 29.3 Å². The van der Waals surface area contributed by atoms with Gasteiger partial charge in [-0.05, 0) is 51.5 Å². The van der Waals surface area contributed by atoms with Gasteiger partial charge in [0.1, 0.15) is 0 Å². The Morgan fingerprint density at radius 3 is 2.38 bits per heavy atom. The van der Waals surface area contributed by atoms with E-state index in [0.29, 0.717) is 0 Å². The maximum Gasteiger partial charge on any atom is 0.0306 e. The molecule has 2 heteroatoms. The minimum atomic E-state index is 0.238. The van der Waals surface area contributed by atoms with Crippen molar-refractivity contribution in [1.29, 1.82) is 0 Å². The Morgan fingerprint density at radius 2 is 2.00 bits per heavy atom. The van der Waals surface area contributed by atoms with Crippen LogP contribution in [0.15, 0.2) is 0 Å². The Bertz CT molecular complexity index is 199. The lowest BCUT2D eigenvalue weighted by Crippen LogP contribution is -2.53. The number of rotatable bonds is 8. The first kappa shape index (κ1) is 14.0. The molecule has 1 aliphatic carbocycles. The lowest BCUT2D eigenvalue weighted by molar-refractivity contribution is 0.0866. The molecule has 1 fully saturated rings. The molecule has 1 atom stereocenters. The second kappa shape index (κ2) is 6.02. The van der Waals surface area contributed by atoms with E-state index in [0.717, 1.165) is 18.5 Å². The van der Waals surface area contributed by atoms with E-state index in [1.165, 1.54) is 38.6 Å². The Kier molecular flexibility index (Phi) is 5.26. The minimum Gasteiger partial charge on any atom is -0.329 e. The first-order chi connectivity index (χ1) is 7.53. The molecule has 0 saturated heterocycles. The molecular weight excluding hydrogens is 196 g/mol. The maximum absolute atomic E-state index is 6.05. The van der Waals surface area contributed by atoms with Crippen molar-refractivity contribution < 1.29 is 0 Å². The number of hydrogen-bond donors (Lipinski definition) is 1. The van der Waals surface area contributed by atoms with Gasteiger partial charge in [-0.15, -0.1) is 0 Å². The van der Waals surface area contributed by atoms with Gasteiger partial charge in [-0.25, -0.2) is 0 Å². The molecule has 0 bridgehead atoms. The van der Waals surface area contributed by atoms with Crippen LogP contribution in [0.1, 0.15) is 59.8 Å². The Hall–Kier alpha value is -0.0800. The van der Waals surface area contributed by atoms with E-state index in [1.807, 2.05) is 0 Å². The fraction of sp³-hybridized carbons (Fsp3) is 1.00. The van der Waals surface area contributed by atoms with Crippen molar-refractivity contribution in [2.75, 3.05) is 13.1 Å². The van der Waals surface area contributed by atoms with E-state index in [9.17, 15) is 0 Å². The van der Waals surface area contributed by atoms with E-state index in [-0.39, 0.29) is 5.54 Å². The molecule has 0 aromatic rings. The van der Waals surface area contributed by atoms with Crippen molar-refractivity contribution >= 4 is 0 Å². The molecule has 96 valence electrons. The van der Waals surface area contributed by atoms with Crippen molar-refractivity contribution in [1.82, 2.24) is 4.90 Å². The predicted molar refractivity (Wildman–Crippen MR) is 71.6 cm³/mol. The van der Waals surface area contributed by atoms with Gasteiger partial charge in [-0.1, -0.05) is 20.8 Å². The number of nitrogens with zero attached hydrogens (tertiary/aromatic N) is 1. The van der Waals surface area contributed by atoms with E-state index in [2.05, 4.69) is 32.6 Å². The summed E-state index contributed by atoms with van der Waals surface area (Å²) in [5.41, 5.74) is 6.29. The van der Waals surface area contributed by atoms with Gasteiger partial charge < -0.3 is 5.73 Å². The lowest BCUT2D eigenvalue weighted by atomic mass is 9.89. The largest absolute Gasteiger partial charge is 0.329 e. The normalized spacial score (nSPS) is 20.4. The average Bonchev–Trinajstić information content (AvgIpc) is 3.06. The van der Waals surface area contributed by atoms with E-state index >= 15 is 0 Å². The smallest absolute Gasteiger partial charge is 0.0306 e. The Morgan fingerprint density at radius 1 is 1.38 bits per heavy atom. The van der Waals surface area contributed by atoms with Crippen LogP contribution < -0.4 is 5.73 Å². The van der Waals surface area contributed by atoms with Gasteiger partial charge in [0, 0.05) is 18.1 Å². The number of nitrogens with two attached hydrogens (primary N) is 1. The highest BCUT2D eigenvalue weighted by molar-refractivity contribution is 4.96. The van der Waals surface area contributed by atoms with Gasteiger partial charge in [-0.2, -0.15) is 0 Å². The predicted octanol–water partition coefficient (Wildman–Crippen LogP) is 3.01. The van der Waals surface area contributed by atoms with Crippen molar-refractivity contribution in [3.8, 4) is 0 Å². The van der Waals surface area contributed by atoms with Crippen molar-refractivity contribution in [2.45, 2.75) is 71.4 Å². The fourth-order valence-electron chi connectivity index (χ4n) is 2.48. The number of hydrogen-bond acceptors (Lipinski definition) is 2. The van der Waals surface area contributed by atoms with E-state index in [4.69, 9.17) is 5.73 Å². The molecule has 1 saturated carbocycles. The molecule has 0 heterocycles. The van der Waals surface area contributed by atoms with Crippen molar-refractivity contribution in [3.63, 3.8) is 0 Å². The summed E-state index contributed by atoms with van der Waals surface area (Å²) < 4.78 is 0. The zero-order valence-corrected chi connectivity index (χ0v) is 11.6. The highest BCUT2D eigenvalue weighted by atomic mass is 15.2. The molecule has 1 rings (SSSR count). The third-order valence-electron chi connectivity index (χ3n) is 3.85. The van der Waals surface area contributed by atoms with Gasteiger partial charge in [0.25, 0.3) is 0 Å². The summed E-state index contributed by atoms with van der Waals surface area (Å²) in [4.78, 5) is 2.69. The van der Waals surface area contributed by atoms with Gasteiger partial charge >= 0.3 is 0 Å². The molecule has 0 aliphatic heterocycles. The highest BCUT2D eigenvalue weighted by Gasteiger charge is 2.39. The molecule has 0 aromatic carbocycles. The van der Waals surface area contributed by atoms with Crippen LogP contribution in [0, 0.1) is 5.92 Å². The van der Waals surface area contributed by atoms with Crippen LogP contribution in [0.25, 0.3) is 0 Å². The summed E-state index contributed by atoms with van der Waals surface area (Å²) in [6.45, 7) is 11.3. The molecule has 0 amide bonds. The Labute approximate surface area is 102 Å². The zero-order chi connectivity index (χ0) is 12.2. The standard InChI is InChI=1S/C14H30N2/c1-5-10-16(13-6-7-13)14(4,11-15)9-8-12(2)3/h12-13H,5-11,15H2,1-4H3. The summed E-state index contributed by atoms with van der Waals surface area (Å²) >= 11 is 0. The van der Waals surface area contributed by atoms with Crippen LogP contribution in [0.4, 0.5) is 0 Å². The first-order valence-electron chi connectivity index (χ1n) is 7.00. The lowest BCUT2D eigenvalue weighted by Gasteiger charge is -2.41. The minimum absolute atomic E-state index is 0.238. The second-order valence-corrected chi connectivity index (χ2v) is 6.06. The molecule has 1 unspecified atom stereocenters. The van der Waals surface area contributed by atoms with Crippen LogP contribution >= 0.6 is 0 Å². The molecule has 2 nitrogen and oxygen atoms in total. The third-order valence-corrected chi connectivity index (χ3v) is 3.85. The zero-order valence-electron chi connectivity index (χ0n) is 11.6. The fourth-order valence-corrected chi connectivity index (χ4v) is 2.48. The summed E-state index contributed by atoms with van der Waals surface area (Å²) in [7, 11) is 0. The summed E-state index contributed by atoms with van der Waals surface area (Å²) in [6.07, 6.45) is 6.56. The van der Waals surface area contributed by atoms with Crippen LogP contribution in [-0.4, -0.2) is 29.6 Å². The molecule has 2 N–H and O–H groups in total. The monoisotopic (exact) mass is 226 g/mol. The van der Waals surface area contributed by atoms with E-state index < -0.39 is 0 Å². The third kappa shape index (κ3) is 3.74. The van der Waals surface area contributed by atoms with Gasteiger partial charge in [0.2, 0.25) is 0 Å². The molecule has 16 heavy (non-hydrogen) atoms. The molecular formula is C14H30N2.